The molecular formula is C16H26N2O3S. The van der Waals surface area contributed by atoms with Gasteiger partial charge in [-0.05, 0) is 30.7 Å². The van der Waals surface area contributed by atoms with Gasteiger partial charge in [-0.15, -0.1) is 0 Å². The van der Waals surface area contributed by atoms with Crippen LogP contribution in [0.3, 0.4) is 0 Å². The first-order valence-corrected chi connectivity index (χ1v) is 9.04. The van der Waals surface area contributed by atoms with Gasteiger partial charge in [0.1, 0.15) is 0 Å². The number of nitrogens with zero attached hydrogens (tertiary/aromatic N) is 1. The molecule has 0 spiro atoms. The lowest BCUT2D eigenvalue weighted by molar-refractivity contribution is -0.124. The number of amides is 1. The van der Waals surface area contributed by atoms with Gasteiger partial charge in [-0.1, -0.05) is 34.6 Å². The Labute approximate surface area is 133 Å². The summed E-state index contributed by atoms with van der Waals surface area (Å²) in [6.07, 6.45) is 0.729. The summed E-state index contributed by atoms with van der Waals surface area (Å²) in [5.74, 6) is -0.0747. The highest BCUT2D eigenvalue weighted by Crippen LogP contribution is 2.23. The first kappa shape index (κ1) is 18.6. The maximum absolute atomic E-state index is 12.4. The second-order valence-electron chi connectivity index (χ2n) is 5.81. The number of hydrogen-bond acceptors (Lipinski definition) is 3. The van der Waals surface area contributed by atoms with Crippen LogP contribution in [0.4, 0.5) is 5.69 Å². The van der Waals surface area contributed by atoms with Gasteiger partial charge in [-0.3, -0.25) is 4.79 Å². The third-order valence-electron chi connectivity index (χ3n) is 3.95. The van der Waals surface area contributed by atoms with Gasteiger partial charge in [0, 0.05) is 24.2 Å². The second kappa shape index (κ2) is 7.24. The van der Waals surface area contributed by atoms with E-state index in [0.717, 1.165) is 6.42 Å². The average Bonchev–Trinajstić information content (AvgIpc) is 2.48. The van der Waals surface area contributed by atoms with Crippen LogP contribution in [-0.2, 0) is 14.8 Å². The molecule has 1 aromatic rings. The number of rotatable bonds is 7. The minimum Gasteiger partial charge on any atom is -0.326 e. The SMILES string of the molecule is CCN(CC)S(=O)(=O)c1ccc(NC(=O)C(C)(C)CC)cc1. The molecule has 5 nitrogen and oxygen atoms in total. The van der Waals surface area contributed by atoms with E-state index < -0.39 is 15.4 Å². The summed E-state index contributed by atoms with van der Waals surface area (Å²) in [4.78, 5) is 12.4. The molecule has 0 aromatic heterocycles. The second-order valence-corrected chi connectivity index (χ2v) is 7.74. The van der Waals surface area contributed by atoms with E-state index >= 15 is 0 Å². The van der Waals surface area contributed by atoms with Crippen LogP contribution in [0.15, 0.2) is 29.2 Å². The van der Waals surface area contributed by atoms with Crippen molar-refractivity contribution in [2.75, 3.05) is 18.4 Å². The molecule has 0 aliphatic carbocycles. The molecule has 0 radical (unpaired) electrons. The van der Waals surface area contributed by atoms with E-state index in [1.807, 2.05) is 34.6 Å². The number of carbonyl (C=O) groups excluding carboxylic acids is 1. The van der Waals surface area contributed by atoms with E-state index in [2.05, 4.69) is 5.32 Å². The summed E-state index contributed by atoms with van der Waals surface area (Å²) in [5, 5.41) is 2.82. The van der Waals surface area contributed by atoms with Gasteiger partial charge in [-0.2, -0.15) is 4.31 Å². The molecule has 0 heterocycles. The topological polar surface area (TPSA) is 66.5 Å². The fraction of sp³-hybridized carbons (Fsp3) is 0.562. The third-order valence-corrected chi connectivity index (χ3v) is 6.02. The van der Waals surface area contributed by atoms with Crippen molar-refractivity contribution in [2.45, 2.75) is 45.9 Å². The molecule has 6 heteroatoms. The predicted molar refractivity (Wildman–Crippen MR) is 89.3 cm³/mol. The lowest BCUT2D eigenvalue weighted by atomic mass is 9.89. The number of carbonyl (C=O) groups is 1. The Morgan fingerprint density at radius 1 is 1.09 bits per heavy atom. The summed E-state index contributed by atoms with van der Waals surface area (Å²) in [6, 6.07) is 6.31. The van der Waals surface area contributed by atoms with Crippen molar-refractivity contribution in [3.63, 3.8) is 0 Å². The van der Waals surface area contributed by atoms with Gasteiger partial charge in [0.2, 0.25) is 15.9 Å². The summed E-state index contributed by atoms with van der Waals surface area (Å²) in [5.41, 5.74) is 0.149. The molecule has 0 unspecified atom stereocenters. The average molecular weight is 326 g/mol. The van der Waals surface area contributed by atoms with Crippen LogP contribution < -0.4 is 5.32 Å². The van der Waals surface area contributed by atoms with E-state index in [1.165, 1.54) is 16.4 Å². The summed E-state index contributed by atoms with van der Waals surface area (Å²) in [7, 11) is -3.46. The van der Waals surface area contributed by atoms with Crippen molar-refractivity contribution >= 4 is 21.6 Å². The van der Waals surface area contributed by atoms with Crippen molar-refractivity contribution in [1.82, 2.24) is 4.31 Å². The fourth-order valence-corrected chi connectivity index (χ4v) is 3.34. The molecule has 0 atom stereocenters. The fourth-order valence-electron chi connectivity index (χ4n) is 1.88. The molecule has 1 aromatic carbocycles. The minimum atomic E-state index is -3.46. The van der Waals surface area contributed by atoms with Crippen molar-refractivity contribution in [3.05, 3.63) is 24.3 Å². The van der Waals surface area contributed by atoms with Gasteiger partial charge >= 0.3 is 0 Å². The first-order valence-electron chi connectivity index (χ1n) is 7.60. The number of nitrogens with one attached hydrogen (secondary N) is 1. The Bertz CT molecular complexity index is 603. The Kier molecular flexibility index (Phi) is 6.14. The van der Waals surface area contributed by atoms with Crippen LogP contribution in [0.25, 0.3) is 0 Å². The van der Waals surface area contributed by atoms with Crippen LogP contribution in [0, 0.1) is 5.41 Å². The Hall–Kier alpha value is -1.40. The molecule has 0 bridgehead atoms. The Morgan fingerprint density at radius 2 is 1.59 bits per heavy atom. The van der Waals surface area contributed by atoms with E-state index in [4.69, 9.17) is 0 Å². The van der Waals surface area contributed by atoms with Crippen LogP contribution in [0.2, 0.25) is 0 Å². The summed E-state index contributed by atoms with van der Waals surface area (Å²) >= 11 is 0. The highest BCUT2D eigenvalue weighted by molar-refractivity contribution is 7.89. The predicted octanol–water partition coefficient (Wildman–Crippen LogP) is 3.09. The van der Waals surface area contributed by atoms with Crippen molar-refractivity contribution in [2.24, 2.45) is 5.41 Å². The lowest BCUT2D eigenvalue weighted by Gasteiger charge is -2.22. The van der Waals surface area contributed by atoms with Gasteiger partial charge in [0.05, 0.1) is 4.90 Å². The number of benzene rings is 1. The standard InChI is InChI=1S/C16H26N2O3S/c1-6-16(4,5)15(19)17-13-9-11-14(12-10-13)22(20,21)18(7-2)8-3/h9-12H,6-8H2,1-5H3,(H,17,19). The van der Waals surface area contributed by atoms with Gasteiger partial charge < -0.3 is 5.32 Å². The molecule has 22 heavy (non-hydrogen) atoms. The van der Waals surface area contributed by atoms with Crippen LogP contribution in [0.1, 0.15) is 41.0 Å². The molecule has 0 saturated heterocycles. The molecule has 0 aliphatic heterocycles. The Balaban J connectivity index is 2.95. The van der Waals surface area contributed by atoms with Gasteiger partial charge in [0.15, 0.2) is 0 Å². The van der Waals surface area contributed by atoms with Crippen LogP contribution in [-0.4, -0.2) is 31.7 Å². The van der Waals surface area contributed by atoms with E-state index in [9.17, 15) is 13.2 Å². The normalized spacial score (nSPS) is 12.5. The largest absolute Gasteiger partial charge is 0.326 e. The maximum Gasteiger partial charge on any atom is 0.243 e. The monoisotopic (exact) mass is 326 g/mol. The van der Waals surface area contributed by atoms with Crippen molar-refractivity contribution in [1.29, 1.82) is 0 Å². The highest BCUT2D eigenvalue weighted by Gasteiger charge is 2.25. The van der Waals surface area contributed by atoms with Crippen LogP contribution >= 0.6 is 0 Å². The molecular weight excluding hydrogens is 300 g/mol. The Morgan fingerprint density at radius 3 is 2.00 bits per heavy atom. The number of sulfonamides is 1. The van der Waals surface area contributed by atoms with E-state index in [1.54, 1.807) is 12.1 Å². The third kappa shape index (κ3) is 4.08. The molecule has 1 amide bonds. The number of anilines is 1. The van der Waals surface area contributed by atoms with E-state index in [0.29, 0.717) is 18.8 Å². The van der Waals surface area contributed by atoms with Crippen molar-refractivity contribution < 1.29 is 13.2 Å². The molecule has 1 rings (SSSR count). The number of hydrogen-bond donors (Lipinski definition) is 1. The van der Waals surface area contributed by atoms with Crippen LogP contribution in [0.5, 0.6) is 0 Å². The zero-order chi connectivity index (χ0) is 17.0. The van der Waals surface area contributed by atoms with Gasteiger partial charge in [0.25, 0.3) is 0 Å². The lowest BCUT2D eigenvalue weighted by Crippen LogP contribution is -2.31. The zero-order valence-corrected chi connectivity index (χ0v) is 14.8. The maximum atomic E-state index is 12.4. The van der Waals surface area contributed by atoms with Gasteiger partial charge in [-0.25, -0.2) is 8.42 Å². The summed E-state index contributed by atoms with van der Waals surface area (Å²) in [6.45, 7) is 10.2. The highest BCUT2D eigenvalue weighted by atomic mass is 32.2. The first-order chi connectivity index (χ1) is 10.2. The van der Waals surface area contributed by atoms with Crippen molar-refractivity contribution in [3.8, 4) is 0 Å². The zero-order valence-electron chi connectivity index (χ0n) is 14.0. The molecule has 0 aliphatic rings. The molecule has 0 saturated carbocycles. The summed E-state index contributed by atoms with van der Waals surface area (Å²) < 4.78 is 26.1. The molecule has 1 N–H and O–H groups in total. The van der Waals surface area contributed by atoms with E-state index in [-0.39, 0.29) is 10.8 Å². The molecule has 0 fully saturated rings. The smallest absolute Gasteiger partial charge is 0.243 e. The quantitative estimate of drug-likeness (QED) is 0.837. The minimum absolute atomic E-state index is 0.0747. The molecule has 124 valence electrons.